The summed E-state index contributed by atoms with van der Waals surface area (Å²) in [4.78, 5) is 11.9. The smallest absolute Gasteiger partial charge is 0.293 e. The molecular formula is C12H11F3N2O2S. The molecule has 2 rings (SSSR count). The molecule has 0 aliphatic carbocycles. The van der Waals surface area contributed by atoms with Gasteiger partial charge in [0.25, 0.3) is 5.56 Å². The Balaban J connectivity index is 2.49. The third-order valence-corrected chi connectivity index (χ3v) is 3.83. The van der Waals surface area contributed by atoms with Crippen LogP contribution in [0.2, 0.25) is 0 Å². The van der Waals surface area contributed by atoms with Crippen molar-refractivity contribution in [3.63, 3.8) is 0 Å². The Bertz CT molecular complexity index is 703. The molecule has 1 aromatic heterocycles. The van der Waals surface area contributed by atoms with Crippen molar-refractivity contribution in [1.29, 1.82) is 0 Å². The van der Waals surface area contributed by atoms with E-state index in [0.717, 1.165) is 0 Å². The lowest BCUT2D eigenvalue weighted by Gasteiger charge is -2.09. The molecule has 1 aromatic carbocycles. The Morgan fingerprint density at radius 1 is 1.20 bits per heavy atom. The minimum absolute atomic E-state index is 0.233. The zero-order chi connectivity index (χ0) is 14.9. The van der Waals surface area contributed by atoms with E-state index in [1.807, 2.05) is 10.2 Å². The number of halogens is 3. The average Bonchev–Trinajstić information content (AvgIpc) is 2.71. The van der Waals surface area contributed by atoms with E-state index in [1.165, 1.54) is 6.26 Å². The predicted molar refractivity (Wildman–Crippen MR) is 68.0 cm³/mol. The number of aromatic amines is 2. The van der Waals surface area contributed by atoms with Crippen molar-refractivity contribution in [2.24, 2.45) is 0 Å². The number of alkyl halides is 3. The van der Waals surface area contributed by atoms with E-state index in [9.17, 15) is 22.2 Å². The highest BCUT2D eigenvalue weighted by Crippen LogP contribution is 2.30. The Morgan fingerprint density at radius 3 is 2.45 bits per heavy atom. The molecule has 0 radical (unpaired) electrons. The van der Waals surface area contributed by atoms with Crippen molar-refractivity contribution in [1.82, 2.24) is 10.2 Å². The van der Waals surface area contributed by atoms with Crippen LogP contribution in [-0.2, 0) is 23.4 Å². The molecule has 1 unspecified atom stereocenters. The SMILES string of the molecule is CS(=O)c1ccccc1Cc1c(C(F)(F)F)[nH][nH]c1=O. The first-order chi connectivity index (χ1) is 9.30. The monoisotopic (exact) mass is 304 g/mol. The molecule has 0 amide bonds. The van der Waals surface area contributed by atoms with Gasteiger partial charge in [-0.15, -0.1) is 0 Å². The van der Waals surface area contributed by atoms with Gasteiger partial charge in [0.15, 0.2) is 0 Å². The summed E-state index contributed by atoms with van der Waals surface area (Å²) in [5, 5.41) is 3.78. The lowest BCUT2D eigenvalue weighted by Crippen LogP contribution is -2.14. The summed E-state index contributed by atoms with van der Waals surface area (Å²) in [5.41, 5.74) is -1.90. The average molecular weight is 304 g/mol. The zero-order valence-electron chi connectivity index (χ0n) is 10.4. The van der Waals surface area contributed by atoms with Crippen LogP contribution in [0.15, 0.2) is 34.0 Å². The van der Waals surface area contributed by atoms with Crippen LogP contribution in [0.25, 0.3) is 0 Å². The van der Waals surface area contributed by atoms with Gasteiger partial charge in [0.05, 0.1) is 16.4 Å². The second-order valence-electron chi connectivity index (χ2n) is 4.17. The molecule has 0 saturated heterocycles. The summed E-state index contributed by atoms with van der Waals surface area (Å²) in [6, 6.07) is 6.40. The summed E-state index contributed by atoms with van der Waals surface area (Å²) in [6.07, 6.45) is -3.44. The van der Waals surface area contributed by atoms with E-state index in [4.69, 9.17) is 0 Å². The number of rotatable bonds is 3. The van der Waals surface area contributed by atoms with Gasteiger partial charge in [0, 0.05) is 17.6 Å². The van der Waals surface area contributed by atoms with E-state index in [-0.39, 0.29) is 6.42 Å². The van der Waals surface area contributed by atoms with E-state index in [2.05, 4.69) is 0 Å². The second kappa shape index (κ2) is 5.28. The number of aromatic nitrogens is 2. The van der Waals surface area contributed by atoms with Gasteiger partial charge < -0.3 is 0 Å². The second-order valence-corrected chi connectivity index (χ2v) is 5.52. The molecule has 0 aliphatic rings. The van der Waals surface area contributed by atoms with Gasteiger partial charge in [-0.2, -0.15) is 13.2 Å². The van der Waals surface area contributed by atoms with Crippen LogP contribution in [-0.4, -0.2) is 20.7 Å². The Morgan fingerprint density at radius 2 is 1.85 bits per heavy atom. The molecule has 0 aliphatic heterocycles. The third-order valence-electron chi connectivity index (χ3n) is 2.81. The number of hydrogen-bond donors (Lipinski definition) is 2. The van der Waals surface area contributed by atoms with Crippen molar-refractivity contribution < 1.29 is 17.4 Å². The van der Waals surface area contributed by atoms with E-state index in [1.54, 1.807) is 24.3 Å². The van der Waals surface area contributed by atoms with Crippen LogP contribution >= 0.6 is 0 Å². The summed E-state index contributed by atoms with van der Waals surface area (Å²) in [6.45, 7) is 0. The minimum atomic E-state index is -4.64. The van der Waals surface area contributed by atoms with Gasteiger partial charge in [0.2, 0.25) is 0 Å². The van der Waals surface area contributed by atoms with Crippen molar-refractivity contribution in [2.45, 2.75) is 17.5 Å². The summed E-state index contributed by atoms with van der Waals surface area (Å²) in [5.74, 6) is 0. The van der Waals surface area contributed by atoms with E-state index in [0.29, 0.717) is 10.5 Å². The number of hydrogen-bond acceptors (Lipinski definition) is 2. The van der Waals surface area contributed by atoms with Crippen molar-refractivity contribution >= 4 is 10.8 Å². The third kappa shape index (κ3) is 2.84. The van der Waals surface area contributed by atoms with Crippen LogP contribution in [0.4, 0.5) is 13.2 Å². The normalized spacial score (nSPS) is 13.4. The molecule has 20 heavy (non-hydrogen) atoms. The number of H-pyrrole nitrogens is 2. The van der Waals surface area contributed by atoms with Crippen molar-refractivity contribution in [3.8, 4) is 0 Å². The molecule has 2 aromatic rings. The molecule has 108 valence electrons. The Labute approximate surface area is 114 Å². The lowest BCUT2D eigenvalue weighted by molar-refractivity contribution is -0.141. The highest BCUT2D eigenvalue weighted by molar-refractivity contribution is 7.84. The van der Waals surface area contributed by atoms with Gasteiger partial charge in [-0.1, -0.05) is 18.2 Å². The molecule has 0 bridgehead atoms. The van der Waals surface area contributed by atoms with Gasteiger partial charge in [-0.25, -0.2) is 0 Å². The zero-order valence-corrected chi connectivity index (χ0v) is 11.2. The number of benzene rings is 1. The predicted octanol–water partition coefficient (Wildman–Crippen LogP) is 2.05. The maximum Gasteiger partial charge on any atom is 0.433 e. The first-order valence-electron chi connectivity index (χ1n) is 5.58. The van der Waals surface area contributed by atoms with Gasteiger partial charge in [-0.3, -0.25) is 19.2 Å². The molecule has 2 N–H and O–H groups in total. The first kappa shape index (κ1) is 14.6. The van der Waals surface area contributed by atoms with Crippen LogP contribution in [0, 0.1) is 0 Å². The van der Waals surface area contributed by atoms with E-state index >= 15 is 0 Å². The standard InChI is InChI=1S/C12H11F3N2O2S/c1-20(19)9-5-3-2-4-7(9)6-8-10(12(13,14)15)16-17-11(8)18/h2-5H,6H2,1H3,(H2,16,17,18). The Kier molecular flexibility index (Phi) is 3.85. The van der Waals surface area contributed by atoms with Crippen molar-refractivity contribution in [2.75, 3.05) is 6.26 Å². The fraction of sp³-hybridized carbons (Fsp3) is 0.250. The minimum Gasteiger partial charge on any atom is -0.293 e. The highest BCUT2D eigenvalue weighted by Gasteiger charge is 2.36. The molecule has 0 saturated carbocycles. The van der Waals surface area contributed by atoms with Crippen LogP contribution in [0.3, 0.4) is 0 Å². The van der Waals surface area contributed by atoms with E-state index < -0.39 is 33.8 Å². The van der Waals surface area contributed by atoms with Crippen LogP contribution < -0.4 is 5.56 Å². The first-order valence-corrected chi connectivity index (χ1v) is 7.14. The molecule has 4 nitrogen and oxygen atoms in total. The highest BCUT2D eigenvalue weighted by atomic mass is 32.2. The summed E-state index contributed by atoms with van der Waals surface area (Å²) >= 11 is 0. The largest absolute Gasteiger partial charge is 0.433 e. The van der Waals surface area contributed by atoms with Crippen LogP contribution in [0.5, 0.6) is 0 Å². The van der Waals surface area contributed by atoms with Gasteiger partial charge >= 0.3 is 6.18 Å². The molecular weight excluding hydrogens is 293 g/mol. The number of nitrogens with one attached hydrogen (secondary N) is 2. The molecule has 0 spiro atoms. The summed E-state index contributed by atoms with van der Waals surface area (Å²) in [7, 11) is -1.34. The molecule has 1 heterocycles. The quantitative estimate of drug-likeness (QED) is 0.911. The fourth-order valence-electron chi connectivity index (χ4n) is 1.92. The fourth-order valence-corrected chi connectivity index (χ4v) is 2.69. The molecule has 1 atom stereocenters. The lowest BCUT2D eigenvalue weighted by atomic mass is 10.1. The Hall–Kier alpha value is -1.83. The molecule has 8 heteroatoms. The molecule has 0 fully saturated rings. The maximum atomic E-state index is 12.8. The topological polar surface area (TPSA) is 65.7 Å². The van der Waals surface area contributed by atoms with Gasteiger partial charge in [0.1, 0.15) is 5.69 Å². The maximum absolute atomic E-state index is 12.8. The van der Waals surface area contributed by atoms with Gasteiger partial charge in [-0.05, 0) is 11.6 Å². The summed E-state index contributed by atoms with van der Waals surface area (Å²) < 4.78 is 49.9. The van der Waals surface area contributed by atoms with Crippen molar-refractivity contribution in [3.05, 3.63) is 51.4 Å². The van der Waals surface area contributed by atoms with Crippen LogP contribution in [0.1, 0.15) is 16.8 Å².